The predicted molar refractivity (Wildman–Crippen MR) is 61.2 cm³/mol. The molecule has 1 aromatic rings. The van der Waals surface area contributed by atoms with Crippen LogP contribution in [0.5, 0.6) is 0 Å². The Bertz CT molecular complexity index is 514. The Kier molecular flexibility index (Phi) is 3.09. The maximum atomic E-state index is 13.5. The van der Waals surface area contributed by atoms with E-state index in [2.05, 4.69) is 0 Å². The van der Waals surface area contributed by atoms with Crippen LogP contribution in [0.15, 0.2) is 12.1 Å². The van der Waals surface area contributed by atoms with E-state index in [1.807, 2.05) is 0 Å². The summed E-state index contributed by atoms with van der Waals surface area (Å²) in [5.74, 6) is -1.05. The van der Waals surface area contributed by atoms with E-state index < -0.39 is 27.0 Å². The Morgan fingerprint density at radius 2 is 1.61 bits per heavy atom. The van der Waals surface area contributed by atoms with E-state index in [1.165, 1.54) is 0 Å². The van der Waals surface area contributed by atoms with Crippen molar-refractivity contribution < 1.29 is 14.2 Å². The monoisotopic (exact) mass is 255 g/mol. The summed E-state index contributed by atoms with van der Waals surface area (Å²) in [6.07, 6.45) is 1.74. The summed E-state index contributed by atoms with van der Waals surface area (Å²) in [5, 5.41) is 21.5. The molecule has 0 amide bonds. The number of anilines is 1. The van der Waals surface area contributed by atoms with Gasteiger partial charge in [0.05, 0.1) is 15.9 Å². The van der Waals surface area contributed by atoms with Gasteiger partial charge in [-0.25, -0.2) is 0 Å². The van der Waals surface area contributed by atoms with Crippen LogP contribution in [0.25, 0.3) is 0 Å². The van der Waals surface area contributed by atoms with Crippen LogP contribution in [0.1, 0.15) is 12.8 Å². The maximum Gasteiger partial charge on any atom is 0.311 e. The smallest absolute Gasteiger partial charge is 0.311 e. The molecule has 0 N–H and O–H groups in total. The van der Waals surface area contributed by atoms with Crippen LogP contribution in [0, 0.1) is 26.0 Å². The van der Waals surface area contributed by atoms with E-state index in [-0.39, 0.29) is 5.69 Å². The van der Waals surface area contributed by atoms with E-state index >= 15 is 0 Å². The summed E-state index contributed by atoms with van der Waals surface area (Å²) in [7, 11) is 0. The summed E-state index contributed by atoms with van der Waals surface area (Å²) in [6, 6.07) is 1.56. The third-order valence-electron chi connectivity index (χ3n) is 2.88. The Morgan fingerprint density at radius 3 is 2.11 bits per heavy atom. The lowest BCUT2D eigenvalue weighted by Gasteiger charge is -2.17. The van der Waals surface area contributed by atoms with Gasteiger partial charge in [0, 0.05) is 19.2 Å². The first-order valence-corrected chi connectivity index (χ1v) is 5.38. The van der Waals surface area contributed by atoms with E-state index in [9.17, 15) is 24.6 Å². The number of nitro benzene ring substituents is 2. The van der Waals surface area contributed by atoms with E-state index in [1.54, 1.807) is 4.90 Å². The molecule has 1 aliphatic rings. The molecule has 0 aromatic heterocycles. The van der Waals surface area contributed by atoms with Crippen molar-refractivity contribution in [3.05, 3.63) is 38.2 Å². The van der Waals surface area contributed by atoms with Gasteiger partial charge in [-0.1, -0.05) is 0 Å². The summed E-state index contributed by atoms with van der Waals surface area (Å²) >= 11 is 0. The standard InChI is InChI=1S/C10H10FN3O4/c11-7-5-9(12-3-1-2-4-12)10(14(17)18)6-8(7)13(15)16/h5-6H,1-4H2. The van der Waals surface area contributed by atoms with E-state index in [4.69, 9.17) is 0 Å². The van der Waals surface area contributed by atoms with Gasteiger partial charge < -0.3 is 4.90 Å². The molecule has 0 radical (unpaired) electrons. The number of benzene rings is 1. The number of nitrogens with zero attached hydrogens (tertiary/aromatic N) is 3. The largest absolute Gasteiger partial charge is 0.366 e. The first-order chi connectivity index (χ1) is 8.50. The lowest BCUT2D eigenvalue weighted by atomic mass is 10.2. The van der Waals surface area contributed by atoms with Crippen LogP contribution in [0.4, 0.5) is 21.5 Å². The molecular weight excluding hydrogens is 245 g/mol. The molecular formula is C10H10FN3O4. The average Bonchev–Trinajstić information content (AvgIpc) is 2.80. The van der Waals surface area contributed by atoms with Gasteiger partial charge in [0.25, 0.3) is 5.69 Å². The summed E-state index contributed by atoms with van der Waals surface area (Å²) in [4.78, 5) is 21.4. The van der Waals surface area contributed by atoms with Gasteiger partial charge in [-0.3, -0.25) is 20.2 Å². The van der Waals surface area contributed by atoms with Crippen LogP contribution in [0.3, 0.4) is 0 Å². The van der Waals surface area contributed by atoms with E-state index in [0.717, 1.165) is 18.9 Å². The average molecular weight is 255 g/mol. The van der Waals surface area contributed by atoms with Gasteiger partial charge >= 0.3 is 5.69 Å². The van der Waals surface area contributed by atoms with Crippen LogP contribution >= 0.6 is 0 Å². The second kappa shape index (κ2) is 4.55. The molecule has 1 fully saturated rings. The van der Waals surface area contributed by atoms with Crippen molar-refractivity contribution in [2.75, 3.05) is 18.0 Å². The highest BCUT2D eigenvalue weighted by Gasteiger charge is 2.28. The number of nitro groups is 2. The Labute approximate surface area is 101 Å². The highest BCUT2D eigenvalue weighted by atomic mass is 19.1. The fourth-order valence-electron chi connectivity index (χ4n) is 2.04. The Balaban J connectivity index is 2.54. The fraction of sp³-hybridized carbons (Fsp3) is 0.400. The topological polar surface area (TPSA) is 89.5 Å². The quantitative estimate of drug-likeness (QED) is 0.610. The van der Waals surface area contributed by atoms with Crippen molar-refractivity contribution in [3.63, 3.8) is 0 Å². The number of halogens is 1. The second-order valence-corrected chi connectivity index (χ2v) is 4.00. The highest BCUT2D eigenvalue weighted by molar-refractivity contribution is 5.67. The van der Waals surface area contributed by atoms with Gasteiger partial charge in [-0.2, -0.15) is 4.39 Å². The van der Waals surface area contributed by atoms with Crippen molar-refractivity contribution in [2.24, 2.45) is 0 Å². The van der Waals surface area contributed by atoms with Gasteiger partial charge in [-0.15, -0.1) is 0 Å². The van der Waals surface area contributed by atoms with Crippen molar-refractivity contribution in [1.29, 1.82) is 0 Å². The Hall–Kier alpha value is -2.25. The minimum Gasteiger partial charge on any atom is -0.366 e. The summed E-state index contributed by atoms with van der Waals surface area (Å²) in [6.45, 7) is 1.19. The molecule has 1 aliphatic heterocycles. The molecule has 0 unspecified atom stereocenters. The fourth-order valence-corrected chi connectivity index (χ4v) is 2.04. The molecule has 1 heterocycles. The highest BCUT2D eigenvalue weighted by Crippen LogP contribution is 2.35. The summed E-state index contributed by atoms with van der Waals surface area (Å²) < 4.78 is 13.5. The molecule has 7 nitrogen and oxygen atoms in total. The van der Waals surface area contributed by atoms with Crippen molar-refractivity contribution in [2.45, 2.75) is 12.8 Å². The molecule has 2 rings (SSSR count). The van der Waals surface area contributed by atoms with Crippen molar-refractivity contribution >= 4 is 17.1 Å². The molecule has 96 valence electrons. The van der Waals surface area contributed by atoms with Gasteiger partial charge in [0.1, 0.15) is 5.69 Å². The molecule has 0 aliphatic carbocycles. The molecule has 0 atom stereocenters. The van der Waals surface area contributed by atoms with Gasteiger partial charge in [0.2, 0.25) is 5.82 Å². The van der Waals surface area contributed by atoms with Crippen molar-refractivity contribution in [3.8, 4) is 0 Å². The third-order valence-corrected chi connectivity index (χ3v) is 2.88. The number of rotatable bonds is 3. The molecule has 1 saturated heterocycles. The SMILES string of the molecule is O=[N+]([O-])c1cc([N+](=O)[O-])c(N2CCCC2)cc1F. The number of hydrogen-bond donors (Lipinski definition) is 0. The van der Waals surface area contributed by atoms with Crippen molar-refractivity contribution in [1.82, 2.24) is 0 Å². The zero-order valence-electron chi connectivity index (χ0n) is 9.34. The number of hydrogen-bond acceptors (Lipinski definition) is 5. The minimum atomic E-state index is -1.05. The molecule has 0 spiro atoms. The first kappa shape index (κ1) is 12.2. The zero-order valence-corrected chi connectivity index (χ0v) is 9.34. The third kappa shape index (κ3) is 2.08. The zero-order chi connectivity index (χ0) is 13.3. The minimum absolute atomic E-state index is 0.112. The van der Waals surface area contributed by atoms with Crippen LogP contribution in [-0.2, 0) is 0 Å². The van der Waals surface area contributed by atoms with E-state index in [0.29, 0.717) is 19.2 Å². The second-order valence-electron chi connectivity index (χ2n) is 4.00. The normalized spacial score (nSPS) is 14.8. The van der Waals surface area contributed by atoms with Gasteiger partial charge in [-0.05, 0) is 12.8 Å². The maximum absolute atomic E-state index is 13.5. The molecule has 1 aromatic carbocycles. The predicted octanol–water partition coefficient (Wildman–Crippen LogP) is 2.24. The van der Waals surface area contributed by atoms with Crippen LogP contribution < -0.4 is 4.90 Å². The Morgan fingerprint density at radius 1 is 1.06 bits per heavy atom. The molecule has 0 bridgehead atoms. The lowest BCUT2D eigenvalue weighted by Crippen LogP contribution is -2.19. The van der Waals surface area contributed by atoms with Gasteiger partial charge in [0.15, 0.2) is 0 Å². The molecule has 18 heavy (non-hydrogen) atoms. The molecule has 0 saturated carbocycles. The molecule has 8 heteroatoms. The lowest BCUT2D eigenvalue weighted by molar-refractivity contribution is -0.395. The van der Waals surface area contributed by atoms with Crippen LogP contribution in [-0.4, -0.2) is 22.9 Å². The summed E-state index contributed by atoms with van der Waals surface area (Å²) in [5.41, 5.74) is -1.18. The first-order valence-electron chi connectivity index (χ1n) is 5.38. The van der Waals surface area contributed by atoms with Crippen LogP contribution in [0.2, 0.25) is 0 Å².